The summed E-state index contributed by atoms with van der Waals surface area (Å²) in [5.41, 5.74) is 5.94. The van der Waals surface area contributed by atoms with E-state index >= 15 is 0 Å². The normalized spacial score (nSPS) is 18.8. The van der Waals surface area contributed by atoms with E-state index in [0.29, 0.717) is 54.7 Å². The Morgan fingerprint density at radius 3 is 2.86 bits per heavy atom. The first-order valence-corrected chi connectivity index (χ1v) is 9.33. The van der Waals surface area contributed by atoms with Gasteiger partial charge < -0.3 is 24.8 Å². The van der Waals surface area contributed by atoms with Gasteiger partial charge in [0.15, 0.2) is 18.1 Å². The number of ether oxygens (including phenoxy) is 3. The summed E-state index contributed by atoms with van der Waals surface area (Å²) in [5, 5.41) is 0.384. The maximum absolute atomic E-state index is 12.2. The zero-order valence-electron chi connectivity index (χ0n) is 15.2. The van der Waals surface area contributed by atoms with Crippen molar-refractivity contribution in [1.82, 2.24) is 4.90 Å². The third-order valence-electron chi connectivity index (χ3n) is 4.55. The number of nitrogens with two attached hydrogens (primary N) is 1. The van der Waals surface area contributed by atoms with Crippen LogP contribution in [0, 0.1) is 5.92 Å². The van der Waals surface area contributed by atoms with Crippen molar-refractivity contribution in [1.29, 1.82) is 0 Å². The fraction of sp³-hybridized carbons (Fsp3) is 0.421. The standard InChI is InChI=1S/C19H21ClN2O6/c20-14-8-12(9-15-18(14)27-7-6-26-15)3-4-17(24)28-11-16(23)22-5-1-2-13(10-22)19(21)25/h3-4,8-9,13H,1-2,5-7,10-11H2,(H2,21,25)/b4-3+/t13-/m0/s1. The minimum atomic E-state index is -0.664. The molecule has 0 spiro atoms. The van der Waals surface area contributed by atoms with Crippen LogP contribution in [0.4, 0.5) is 0 Å². The van der Waals surface area contributed by atoms with Gasteiger partial charge in [-0.25, -0.2) is 4.79 Å². The largest absolute Gasteiger partial charge is 0.486 e. The van der Waals surface area contributed by atoms with Gasteiger partial charge in [0, 0.05) is 19.2 Å². The number of carbonyl (C=O) groups is 3. The third-order valence-corrected chi connectivity index (χ3v) is 4.83. The highest BCUT2D eigenvalue weighted by molar-refractivity contribution is 6.32. The molecule has 1 saturated heterocycles. The smallest absolute Gasteiger partial charge is 0.331 e. The first kappa shape index (κ1) is 20.0. The molecule has 0 unspecified atom stereocenters. The molecule has 1 atom stereocenters. The lowest BCUT2D eigenvalue weighted by Crippen LogP contribution is -2.45. The van der Waals surface area contributed by atoms with E-state index in [1.807, 2.05) is 0 Å². The van der Waals surface area contributed by atoms with Crippen molar-refractivity contribution in [2.75, 3.05) is 32.9 Å². The lowest BCUT2D eigenvalue weighted by Gasteiger charge is -2.30. The molecule has 8 nitrogen and oxygen atoms in total. The van der Waals surface area contributed by atoms with E-state index < -0.39 is 18.5 Å². The molecule has 0 bridgehead atoms. The molecule has 9 heteroatoms. The SMILES string of the molecule is NC(=O)[C@H]1CCCN(C(=O)COC(=O)/C=C/c2cc(Cl)c3c(c2)OCCO3)C1. The zero-order chi connectivity index (χ0) is 20.1. The molecule has 3 rings (SSSR count). The number of piperidine rings is 1. The fourth-order valence-corrected chi connectivity index (χ4v) is 3.37. The number of hydrogen-bond acceptors (Lipinski definition) is 6. The van der Waals surface area contributed by atoms with Crippen LogP contribution in [0.15, 0.2) is 18.2 Å². The minimum Gasteiger partial charge on any atom is -0.486 e. The summed E-state index contributed by atoms with van der Waals surface area (Å²) < 4.78 is 15.9. The first-order chi connectivity index (χ1) is 13.4. The van der Waals surface area contributed by atoms with Crippen LogP contribution in [0.1, 0.15) is 18.4 Å². The predicted molar refractivity (Wildman–Crippen MR) is 101 cm³/mol. The van der Waals surface area contributed by atoms with Gasteiger partial charge in [0.25, 0.3) is 5.91 Å². The topological polar surface area (TPSA) is 108 Å². The summed E-state index contributed by atoms with van der Waals surface area (Å²) in [6.45, 7) is 1.24. The number of amides is 2. The highest BCUT2D eigenvalue weighted by Crippen LogP contribution is 2.38. The highest BCUT2D eigenvalue weighted by Gasteiger charge is 2.27. The third kappa shape index (κ3) is 4.95. The molecular formula is C19H21ClN2O6. The number of halogens is 1. The van der Waals surface area contributed by atoms with Gasteiger partial charge >= 0.3 is 5.97 Å². The lowest BCUT2D eigenvalue weighted by atomic mass is 9.97. The Bertz CT molecular complexity index is 810. The maximum atomic E-state index is 12.2. The van der Waals surface area contributed by atoms with E-state index in [4.69, 9.17) is 31.5 Å². The molecule has 150 valence electrons. The van der Waals surface area contributed by atoms with Crippen molar-refractivity contribution in [3.63, 3.8) is 0 Å². The molecule has 1 aromatic carbocycles. The Morgan fingerprint density at radius 1 is 1.29 bits per heavy atom. The average molecular weight is 409 g/mol. The Hall–Kier alpha value is -2.74. The van der Waals surface area contributed by atoms with Crippen molar-refractivity contribution in [3.05, 3.63) is 28.8 Å². The van der Waals surface area contributed by atoms with Crippen LogP contribution in [0.25, 0.3) is 6.08 Å². The fourth-order valence-electron chi connectivity index (χ4n) is 3.10. The molecule has 2 aliphatic heterocycles. The van der Waals surface area contributed by atoms with Crippen molar-refractivity contribution in [3.8, 4) is 11.5 Å². The monoisotopic (exact) mass is 408 g/mol. The number of fused-ring (bicyclic) bond motifs is 1. The molecule has 0 radical (unpaired) electrons. The summed E-state index contributed by atoms with van der Waals surface area (Å²) >= 11 is 6.15. The Labute approximate surface area is 167 Å². The average Bonchev–Trinajstić information content (AvgIpc) is 2.70. The van der Waals surface area contributed by atoms with Gasteiger partial charge in [-0.3, -0.25) is 9.59 Å². The quantitative estimate of drug-likeness (QED) is 0.582. The van der Waals surface area contributed by atoms with Crippen molar-refractivity contribution < 1.29 is 28.6 Å². The van der Waals surface area contributed by atoms with Gasteiger partial charge in [-0.05, 0) is 36.6 Å². The van der Waals surface area contributed by atoms with Crippen LogP contribution >= 0.6 is 11.6 Å². The number of benzene rings is 1. The molecule has 0 saturated carbocycles. The number of primary amides is 1. The zero-order valence-corrected chi connectivity index (χ0v) is 15.9. The summed E-state index contributed by atoms with van der Waals surface area (Å²) in [6, 6.07) is 3.34. The van der Waals surface area contributed by atoms with Crippen LogP contribution in [0.3, 0.4) is 0 Å². The van der Waals surface area contributed by atoms with Crippen LogP contribution in [0.5, 0.6) is 11.5 Å². The van der Waals surface area contributed by atoms with Gasteiger partial charge in [0.05, 0.1) is 10.9 Å². The predicted octanol–water partition coefficient (Wildman–Crippen LogP) is 1.39. The summed E-state index contributed by atoms with van der Waals surface area (Å²) in [5.74, 6) is -0.799. The Kier molecular flexibility index (Phi) is 6.41. The highest BCUT2D eigenvalue weighted by atomic mass is 35.5. The second-order valence-electron chi connectivity index (χ2n) is 6.55. The molecule has 2 aliphatic rings. The van der Waals surface area contributed by atoms with Gasteiger partial charge in [-0.2, -0.15) is 0 Å². The number of likely N-dealkylation sites (tertiary alicyclic amines) is 1. The summed E-state index contributed by atoms with van der Waals surface area (Å²) in [7, 11) is 0. The Balaban J connectivity index is 1.52. The van der Waals surface area contributed by atoms with Crippen LogP contribution < -0.4 is 15.2 Å². The molecule has 1 aromatic rings. The molecule has 2 amide bonds. The van der Waals surface area contributed by atoms with E-state index in [1.54, 1.807) is 12.1 Å². The van der Waals surface area contributed by atoms with Gasteiger partial charge in [0.1, 0.15) is 13.2 Å². The Morgan fingerprint density at radius 2 is 2.07 bits per heavy atom. The molecule has 0 aromatic heterocycles. The second kappa shape index (κ2) is 8.97. The van der Waals surface area contributed by atoms with E-state index in [2.05, 4.69) is 0 Å². The van der Waals surface area contributed by atoms with Gasteiger partial charge in [-0.1, -0.05) is 11.6 Å². The maximum Gasteiger partial charge on any atom is 0.331 e. The van der Waals surface area contributed by atoms with Crippen LogP contribution in [-0.2, 0) is 19.1 Å². The molecule has 0 aliphatic carbocycles. The number of hydrogen-bond donors (Lipinski definition) is 1. The number of carbonyl (C=O) groups excluding carboxylic acids is 3. The van der Waals surface area contributed by atoms with E-state index in [9.17, 15) is 14.4 Å². The molecule has 28 heavy (non-hydrogen) atoms. The van der Waals surface area contributed by atoms with Gasteiger partial charge in [-0.15, -0.1) is 0 Å². The van der Waals surface area contributed by atoms with E-state index in [1.165, 1.54) is 17.1 Å². The number of nitrogens with zero attached hydrogens (tertiary/aromatic N) is 1. The second-order valence-corrected chi connectivity index (χ2v) is 6.96. The molecular weight excluding hydrogens is 388 g/mol. The van der Waals surface area contributed by atoms with Crippen LogP contribution in [-0.4, -0.2) is 55.6 Å². The van der Waals surface area contributed by atoms with Crippen molar-refractivity contribution in [2.45, 2.75) is 12.8 Å². The molecule has 1 fully saturated rings. The lowest BCUT2D eigenvalue weighted by molar-refractivity contribution is -0.149. The van der Waals surface area contributed by atoms with Crippen LogP contribution in [0.2, 0.25) is 5.02 Å². The minimum absolute atomic E-state index is 0.261. The van der Waals surface area contributed by atoms with Crippen molar-refractivity contribution >= 4 is 35.5 Å². The number of rotatable bonds is 5. The summed E-state index contributed by atoms with van der Waals surface area (Å²) in [4.78, 5) is 36.9. The molecule has 2 heterocycles. The number of esters is 1. The van der Waals surface area contributed by atoms with E-state index in [-0.39, 0.29) is 18.4 Å². The van der Waals surface area contributed by atoms with Crippen molar-refractivity contribution in [2.24, 2.45) is 11.7 Å². The summed E-state index contributed by atoms with van der Waals surface area (Å²) in [6.07, 6.45) is 4.08. The van der Waals surface area contributed by atoms with E-state index in [0.717, 1.165) is 0 Å². The van der Waals surface area contributed by atoms with Gasteiger partial charge in [0.2, 0.25) is 5.91 Å². The molecule has 2 N–H and O–H groups in total. The first-order valence-electron chi connectivity index (χ1n) is 8.95.